The number of carbonyl (C=O) groups is 2. The largest absolute Gasteiger partial charge is 0.478 e. The summed E-state index contributed by atoms with van der Waals surface area (Å²) < 4.78 is 0. The number of aliphatic carboxylic acids is 1. The molecule has 1 aliphatic heterocycles. The number of hydrogen-bond acceptors (Lipinski definition) is 4. The lowest BCUT2D eigenvalue weighted by Crippen LogP contribution is -2.41. The number of azo groups is 1. The van der Waals surface area contributed by atoms with Crippen molar-refractivity contribution in [1.29, 1.82) is 0 Å². The van der Waals surface area contributed by atoms with E-state index in [1.807, 2.05) is 0 Å². The summed E-state index contributed by atoms with van der Waals surface area (Å²) >= 11 is 0. The fourth-order valence-electron chi connectivity index (χ4n) is 1.37. The molecule has 0 aliphatic carbocycles. The molecule has 1 atom stereocenters. The minimum Gasteiger partial charge on any atom is -0.478 e. The third-order valence-electron chi connectivity index (χ3n) is 2.38. The van der Waals surface area contributed by atoms with Crippen LogP contribution in [0.2, 0.25) is 0 Å². The quantitative estimate of drug-likeness (QED) is 0.705. The SMILES string of the molecule is C=C(CCNC(=O)C1(C)C=C(C)N=N1)C(=O)O. The van der Waals surface area contributed by atoms with Crippen molar-refractivity contribution >= 4 is 11.9 Å². The van der Waals surface area contributed by atoms with Crippen LogP contribution in [0.4, 0.5) is 0 Å². The molecule has 0 radical (unpaired) electrons. The number of rotatable bonds is 5. The number of nitrogens with one attached hydrogen (secondary N) is 1. The molecule has 0 aromatic carbocycles. The summed E-state index contributed by atoms with van der Waals surface area (Å²) in [6.45, 7) is 7.00. The van der Waals surface area contributed by atoms with Crippen LogP contribution in [0.3, 0.4) is 0 Å². The van der Waals surface area contributed by atoms with Crippen LogP contribution in [0.1, 0.15) is 20.3 Å². The van der Waals surface area contributed by atoms with Crippen molar-refractivity contribution in [3.63, 3.8) is 0 Å². The van der Waals surface area contributed by atoms with E-state index in [0.29, 0.717) is 5.70 Å². The lowest BCUT2D eigenvalue weighted by atomic mass is 10.0. The van der Waals surface area contributed by atoms with E-state index in [1.54, 1.807) is 19.9 Å². The van der Waals surface area contributed by atoms with Gasteiger partial charge < -0.3 is 10.4 Å². The zero-order valence-corrected chi connectivity index (χ0v) is 9.86. The number of amides is 1. The number of carboxylic acids is 1. The molecule has 6 heteroatoms. The first kappa shape index (κ1) is 13.1. The minimum absolute atomic E-state index is 0.0650. The highest BCUT2D eigenvalue weighted by molar-refractivity contribution is 5.89. The van der Waals surface area contributed by atoms with Crippen molar-refractivity contribution in [3.05, 3.63) is 23.9 Å². The van der Waals surface area contributed by atoms with Crippen LogP contribution in [0.5, 0.6) is 0 Å². The van der Waals surface area contributed by atoms with Gasteiger partial charge in [0.2, 0.25) is 0 Å². The van der Waals surface area contributed by atoms with Crippen molar-refractivity contribution in [3.8, 4) is 0 Å². The van der Waals surface area contributed by atoms with Gasteiger partial charge in [0.05, 0.1) is 5.70 Å². The van der Waals surface area contributed by atoms with Crippen LogP contribution in [0.25, 0.3) is 0 Å². The van der Waals surface area contributed by atoms with Crippen molar-refractivity contribution in [2.24, 2.45) is 10.2 Å². The third kappa shape index (κ3) is 3.24. The Bertz CT molecular complexity index is 426. The summed E-state index contributed by atoms with van der Waals surface area (Å²) in [4.78, 5) is 22.3. The molecule has 1 rings (SSSR count). The van der Waals surface area contributed by atoms with Gasteiger partial charge in [-0.2, -0.15) is 10.2 Å². The molecule has 2 N–H and O–H groups in total. The zero-order valence-electron chi connectivity index (χ0n) is 9.86. The zero-order chi connectivity index (χ0) is 13.1. The summed E-state index contributed by atoms with van der Waals surface area (Å²) in [6, 6.07) is 0. The van der Waals surface area contributed by atoms with E-state index in [4.69, 9.17) is 5.11 Å². The first-order valence-corrected chi connectivity index (χ1v) is 5.17. The van der Waals surface area contributed by atoms with Gasteiger partial charge >= 0.3 is 5.97 Å². The number of hydrogen-bond donors (Lipinski definition) is 2. The summed E-state index contributed by atoms with van der Waals surface area (Å²) in [5.41, 5.74) is -0.220. The molecule has 0 saturated carbocycles. The molecule has 0 fully saturated rings. The van der Waals surface area contributed by atoms with Crippen molar-refractivity contribution in [2.45, 2.75) is 25.8 Å². The second-order valence-corrected chi connectivity index (χ2v) is 4.05. The van der Waals surface area contributed by atoms with E-state index < -0.39 is 11.5 Å². The molecule has 1 unspecified atom stereocenters. The maximum atomic E-state index is 11.8. The summed E-state index contributed by atoms with van der Waals surface area (Å²) in [5, 5.41) is 18.9. The van der Waals surface area contributed by atoms with Crippen molar-refractivity contribution < 1.29 is 14.7 Å². The molecular weight excluding hydrogens is 222 g/mol. The Kier molecular flexibility index (Phi) is 3.77. The predicted octanol–water partition coefficient (Wildman–Crippen LogP) is 1.26. The molecule has 0 bridgehead atoms. The molecular formula is C11H15N3O3. The Morgan fingerprint density at radius 1 is 1.59 bits per heavy atom. The van der Waals surface area contributed by atoms with Gasteiger partial charge in [0.25, 0.3) is 5.91 Å². The molecule has 6 nitrogen and oxygen atoms in total. The van der Waals surface area contributed by atoms with E-state index in [9.17, 15) is 9.59 Å². The second-order valence-electron chi connectivity index (χ2n) is 4.05. The van der Waals surface area contributed by atoms with Gasteiger partial charge in [0.1, 0.15) is 0 Å². The van der Waals surface area contributed by atoms with Crippen molar-refractivity contribution in [1.82, 2.24) is 5.32 Å². The Morgan fingerprint density at radius 2 is 2.24 bits per heavy atom. The van der Waals surface area contributed by atoms with Crippen LogP contribution >= 0.6 is 0 Å². The average Bonchev–Trinajstić information content (AvgIpc) is 2.59. The highest BCUT2D eigenvalue weighted by Crippen LogP contribution is 2.23. The first-order chi connectivity index (χ1) is 7.85. The third-order valence-corrected chi connectivity index (χ3v) is 2.38. The maximum absolute atomic E-state index is 11.8. The van der Waals surface area contributed by atoms with Gasteiger partial charge in [0, 0.05) is 12.1 Å². The monoisotopic (exact) mass is 237 g/mol. The van der Waals surface area contributed by atoms with Crippen LogP contribution in [0, 0.1) is 0 Å². The number of allylic oxidation sites excluding steroid dienone is 1. The molecule has 92 valence electrons. The molecule has 17 heavy (non-hydrogen) atoms. The number of carboxylic acid groups (broad SMARTS) is 1. The fourth-order valence-corrected chi connectivity index (χ4v) is 1.37. The Labute approximate surface area is 99.1 Å². The molecule has 0 aromatic rings. The van der Waals surface area contributed by atoms with Crippen LogP contribution < -0.4 is 5.32 Å². The van der Waals surface area contributed by atoms with Gasteiger partial charge in [0.15, 0.2) is 5.54 Å². The van der Waals surface area contributed by atoms with Gasteiger partial charge in [-0.05, 0) is 26.3 Å². The van der Waals surface area contributed by atoms with Crippen LogP contribution in [-0.4, -0.2) is 29.1 Å². The van der Waals surface area contributed by atoms with E-state index in [2.05, 4.69) is 22.1 Å². The lowest BCUT2D eigenvalue weighted by molar-refractivity contribution is -0.133. The van der Waals surface area contributed by atoms with E-state index in [-0.39, 0.29) is 24.4 Å². The van der Waals surface area contributed by atoms with E-state index >= 15 is 0 Å². The topological polar surface area (TPSA) is 91.1 Å². The Hall–Kier alpha value is -1.98. The summed E-state index contributed by atoms with van der Waals surface area (Å²) in [6.07, 6.45) is 1.87. The van der Waals surface area contributed by atoms with Crippen molar-refractivity contribution in [2.75, 3.05) is 6.54 Å². The Morgan fingerprint density at radius 3 is 2.71 bits per heavy atom. The maximum Gasteiger partial charge on any atom is 0.331 e. The lowest BCUT2D eigenvalue weighted by Gasteiger charge is -2.15. The normalized spacial score (nSPS) is 22.1. The average molecular weight is 237 g/mol. The standard InChI is InChI=1S/C11H15N3O3/c1-7(9(15)16)4-5-12-10(17)11(3)6-8(2)13-14-11/h6H,1,4-5H2,2-3H3,(H,12,17)(H,15,16). The minimum atomic E-state index is -1.05. The van der Waals surface area contributed by atoms with Gasteiger partial charge in [-0.15, -0.1) is 0 Å². The second kappa shape index (κ2) is 4.90. The molecule has 1 heterocycles. The Balaban J connectivity index is 2.44. The first-order valence-electron chi connectivity index (χ1n) is 5.17. The molecule has 0 spiro atoms. The van der Waals surface area contributed by atoms with E-state index in [1.165, 1.54) is 0 Å². The predicted molar refractivity (Wildman–Crippen MR) is 61.4 cm³/mol. The van der Waals surface area contributed by atoms with Crippen LogP contribution in [0.15, 0.2) is 34.2 Å². The molecule has 1 amide bonds. The molecule has 0 saturated heterocycles. The fraction of sp³-hybridized carbons (Fsp3) is 0.455. The van der Waals surface area contributed by atoms with Gasteiger partial charge in [-0.1, -0.05) is 6.58 Å². The highest BCUT2D eigenvalue weighted by Gasteiger charge is 2.33. The molecule has 0 aromatic heterocycles. The van der Waals surface area contributed by atoms with Crippen LogP contribution in [-0.2, 0) is 9.59 Å². The molecule has 1 aliphatic rings. The van der Waals surface area contributed by atoms with Gasteiger partial charge in [-0.25, -0.2) is 4.79 Å². The summed E-state index contributed by atoms with van der Waals surface area (Å²) in [7, 11) is 0. The highest BCUT2D eigenvalue weighted by atomic mass is 16.4. The summed E-state index contributed by atoms with van der Waals surface area (Å²) in [5.74, 6) is -1.35. The smallest absolute Gasteiger partial charge is 0.331 e. The number of carbonyl (C=O) groups excluding carboxylic acids is 1. The van der Waals surface area contributed by atoms with Gasteiger partial charge in [-0.3, -0.25) is 4.79 Å². The van der Waals surface area contributed by atoms with E-state index in [0.717, 1.165) is 0 Å². The number of nitrogens with zero attached hydrogens (tertiary/aromatic N) is 2.